The van der Waals surface area contributed by atoms with Crippen molar-refractivity contribution in [1.29, 1.82) is 0 Å². The van der Waals surface area contributed by atoms with E-state index in [-0.39, 0.29) is 18.6 Å². The molecule has 3 heteroatoms. The van der Waals surface area contributed by atoms with Crippen LogP contribution in [0.2, 0.25) is 0 Å². The second-order valence-electron chi connectivity index (χ2n) is 4.89. The average Bonchev–Trinajstić information content (AvgIpc) is 2.53. The lowest BCUT2D eigenvalue weighted by molar-refractivity contribution is 0.0682. The number of aliphatic hydroxyl groups excluding tert-OH is 1. The summed E-state index contributed by atoms with van der Waals surface area (Å²) < 4.78 is 0. The summed E-state index contributed by atoms with van der Waals surface area (Å²) in [5.41, 5.74) is 2.84. The second-order valence-corrected chi connectivity index (χ2v) is 4.89. The number of carbonyl (C=O) groups is 1. The van der Waals surface area contributed by atoms with Gasteiger partial charge in [0.1, 0.15) is 0 Å². The molecule has 1 amide bonds. The van der Waals surface area contributed by atoms with Crippen LogP contribution in [-0.2, 0) is 0 Å². The van der Waals surface area contributed by atoms with Crippen molar-refractivity contribution in [2.24, 2.45) is 0 Å². The minimum Gasteiger partial charge on any atom is -0.394 e. The third kappa shape index (κ3) is 3.06. The molecule has 0 saturated carbocycles. The van der Waals surface area contributed by atoms with Crippen molar-refractivity contribution in [3.63, 3.8) is 0 Å². The van der Waals surface area contributed by atoms with E-state index in [1.165, 1.54) is 0 Å². The molecule has 1 unspecified atom stereocenters. The third-order valence-corrected chi connectivity index (χ3v) is 3.48. The van der Waals surface area contributed by atoms with Gasteiger partial charge in [0.05, 0.1) is 12.6 Å². The van der Waals surface area contributed by atoms with Gasteiger partial charge in [-0.15, -0.1) is 0 Å². The molecule has 104 valence electrons. The van der Waals surface area contributed by atoms with E-state index in [1.807, 2.05) is 61.5 Å². The van der Waals surface area contributed by atoms with Gasteiger partial charge < -0.3 is 10.0 Å². The molecule has 0 aliphatic heterocycles. The Morgan fingerprint density at radius 2 is 1.60 bits per heavy atom. The minimum atomic E-state index is -0.184. The van der Waals surface area contributed by atoms with Crippen LogP contribution in [-0.4, -0.2) is 35.6 Å². The summed E-state index contributed by atoms with van der Waals surface area (Å²) in [4.78, 5) is 13.8. The van der Waals surface area contributed by atoms with Gasteiger partial charge in [0.25, 0.3) is 5.91 Å². The van der Waals surface area contributed by atoms with Gasteiger partial charge in [0, 0.05) is 12.6 Å². The first kappa shape index (κ1) is 14.3. The Labute approximate surface area is 119 Å². The fraction of sp³-hybridized carbons (Fsp3) is 0.235. The molecule has 2 aromatic rings. The van der Waals surface area contributed by atoms with Crippen molar-refractivity contribution in [2.45, 2.75) is 13.0 Å². The Hall–Kier alpha value is -2.13. The summed E-state index contributed by atoms with van der Waals surface area (Å²) in [6, 6.07) is 17.4. The van der Waals surface area contributed by atoms with Crippen molar-refractivity contribution in [1.82, 2.24) is 4.90 Å². The molecule has 0 bridgehead atoms. The summed E-state index contributed by atoms with van der Waals surface area (Å²) in [6.07, 6.45) is 0. The molecule has 0 aromatic heterocycles. The Morgan fingerprint density at radius 1 is 1.05 bits per heavy atom. The topological polar surface area (TPSA) is 40.5 Å². The number of aliphatic hydroxyl groups is 1. The Bertz CT molecular complexity index is 563. The number of carbonyl (C=O) groups excluding carboxylic acids is 1. The van der Waals surface area contributed by atoms with Crippen LogP contribution in [0.3, 0.4) is 0 Å². The number of amides is 1. The maximum atomic E-state index is 12.2. The van der Waals surface area contributed by atoms with Crippen LogP contribution in [0.25, 0.3) is 11.1 Å². The van der Waals surface area contributed by atoms with Gasteiger partial charge in [-0.1, -0.05) is 42.5 Å². The zero-order valence-electron chi connectivity index (χ0n) is 11.8. The van der Waals surface area contributed by atoms with Crippen LogP contribution in [0.4, 0.5) is 0 Å². The van der Waals surface area contributed by atoms with Gasteiger partial charge in [-0.3, -0.25) is 4.79 Å². The van der Waals surface area contributed by atoms with Crippen molar-refractivity contribution in [2.75, 3.05) is 13.7 Å². The predicted octanol–water partition coefficient (Wildman–Crippen LogP) is 2.81. The van der Waals surface area contributed by atoms with Crippen molar-refractivity contribution in [3.8, 4) is 11.1 Å². The lowest BCUT2D eigenvalue weighted by Gasteiger charge is -2.23. The maximum absolute atomic E-state index is 12.2. The van der Waals surface area contributed by atoms with E-state index < -0.39 is 0 Å². The van der Waals surface area contributed by atoms with Crippen LogP contribution in [0, 0.1) is 0 Å². The maximum Gasteiger partial charge on any atom is 0.253 e. The molecule has 2 aromatic carbocycles. The van der Waals surface area contributed by atoms with Crippen molar-refractivity contribution in [3.05, 3.63) is 60.2 Å². The van der Waals surface area contributed by atoms with E-state index in [0.717, 1.165) is 11.1 Å². The summed E-state index contributed by atoms with van der Waals surface area (Å²) >= 11 is 0. The van der Waals surface area contributed by atoms with Gasteiger partial charge in [-0.25, -0.2) is 0 Å². The predicted molar refractivity (Wildman–Crippen MR) is 80.5 cm³/mol. The van der Waals surface area contributed by atoms with Gasteiger partial charge in [-0.05, 0) is 30.2 Å². The zero-order valence-corrected chi connectivity index (χ0v) is 11.8. The van der Waals surface area contributed by atoms with E-state index in [4.69, 9.17) is 5.11 Å². The first-order chi connectivity index (χ1) is 9.63. The number of rotatable bonds is 4. The molecule has 0 spiro atoms. The van der Waals surface area contributed by atoms with E-state index in [0.29, 0.717) is 5.56 Å². The van der Waals surface area contributed by atoms with Crippen LogP contribution in [0.5, 0.6) is 0 Å². The number of benzene rings is 2. The molecule has 0 fully saturated rings. The molecule has 1 atom stereocenters. The largest absolute Gasteiger partial charge is 0.394 e. The number of hydrogen-bond donors (Lipinski definition) is 1. The SMILES string of the molecule is CC(CO)N(C)C(=O)c1ccc(-c2ccccc2)cc1. The van der Waals surface area contributed by atoms with Gasteiger partial charge >= 0.3 is 0 Å². The summed E-state index contributed by atoms with van der Waals surface area (Å²) in [6.45, 7) is 1.78. The van der Waals surface area contributed by atoms with Gasteiger partial charge in [0.2, 0.25) is 0 Å². The lowest BCUT2D eigenvalue weighted by atomic mass is 10.0. The Morgan fingerprint density at radius 3 is 2.15 bits per heavy atom. The summed E-state index contributed by atoms with van der Waals surface area (Å²) in [7, 11) is 1.70. The lowest BCUT2D eigenvalue weighted by Crippen LogP contribution is -2.37. The average molecular weight is 269 g/mol. The number of likely N-dealkylation sites (N-methyl/N-ethyl adjacent to an activating group) is 1. The Balaban J connectivity index is 2.18. The number of nitrogens with zero attached hydrogens (tertiary/aromatic N) is 1. The molecule has 0 aliphatic carbocycles. The van der Waals surface area contributed by atoms with E-state index >= 15 is 0 Å². The van der Waals surface area contributed by atoms with Crippen molar-refractivity contribution >= 4 is 5.91 Å². The highest BCUT2D eigenvalue weighted by atomic mass is 16.3. The molecule has 1 N–H and O–H groups in total. The standard InChI is InChI=1S/C17H19NO2/c1-13(12-19)18(2)17(20)16-10-8-15(9-11-16)14-6-4-3-5-7-14/h3-11,13,19H,12H2,1-2H3. The smallest absolute Gasteiger partial charge is 0.253 e. The van der Waals surface area contributed by atoms with E-state index in [2.05, 4.69) is 0 Å². The fourth-order valence-electron chi connectivity index (χ4n) is 1.96. The van der Waals surface area contributed by atoms with Crippen LogP contribution in [0.15, 0.2) is 54.6 Å². The monoisotopic (exact) mass is 269 g/mol. The van der Waals surface area contributed by atoms with E-state index in [9.17, 15) is 4.79 Å². The highest BCUT2D eigenvalue weighted by molar-refractivity contribution is 5.94. The third-order valence-electron chi connectivity index (χ3n) is 3.48. The fourth-order valence-corrected chi connectivity index (χ4v) is 1.96. The molecule has 3 nitrogen and oxygen atoms in total. The van der Waals surface area contributed by atoms with Crippen LogP contribution >= 0.6 is 0 Å². The molecule has 20 heavy (non-hydrogen) atoms. The highest BCUT2D eigenvalue weighted by Gasteiger charge is 2.16. The van der Waals surface area contributed by atoms with Gasteiger partial charge in [-0.2, -0.15) is 0 Å². The summed E-state index contributed by atoms with van der Waals surface area (Å²) in [5, 5.41) is 9.10. The summed E-state index contributed by atoms with van der Waals surface area (Å²) in [5.74, 6) is -0.0776. The second kappa shape index (κ2) is 6.35. The van der Waals surface area contributed by atoms with E-state index in [1.54, 1.807) is 11.9 Å². The Kier molecular flexibility index (Phi) is 4.53. The quantitative estimate of drug-likeness (QED) is 0.927. The van der Waals surface area contributed by atoms with Crippen LogP contribution < -0.4 is 0 Å². The molecule has 0 aliphatic rings. The van der Waals surface area contributed by atoms with Crippen LogP contribution in [0.1, 0.15) is 17.3 Å². The van der Waals surface area contributed by atoms with Gasteiger partial charge in [0.15, 0.2) is 0 Å². The first-order valence-electron chi connectivity index (χ1n) is 6.67. The first-order valence-corrected chi connectivity index (χ1v) is 6.67. The molecular formula is C17H19NO2. The zero-order chi connectivity index (χ0) is 14.5. The highest BCUT2D eigenvalue weighted by Crippen LogP contribution is 2.19. The normalized spacial score (nSPS) is 11.9. The number of hydrogen-bond acceptors (Lipinski definition) is 2. The molecule has 0 radical (unpaired) electrons. The molecule has 0 saturated heterocycles. The molecule has 2 rings (SSSR count). The minimum absolute atomic E-state index is 0.0374. The van der Waals surface area contributed by atoms with Crippen molar-refractivity contribution < 1.29 is 9.90 Å². The molecular weight excluding hydrogens is 250 g/mol. The molecule has 0 heterocycles.